The van der Waals surface area contributed by atoms with E-state index in [4.69, 9.17) is 10.5 Å². The molecule has 12 heavy (non-hydrogen) atoms. The van der Waals surface area contributed by atoms with E-state index in [0.717, 1.165) is 13.2 Å². The molecule has 1 aliphatic heterocycles. The lowest BCUT2D eigenvalue weighted by atomic mass is 9.86. The van der Waals surface area contributed by atoms with Gasteiger partial charge in [-0.3, -0.25) is 0 Å². The normalized spacial score (nSPS) is 24.8. The molecule has 2 N–H and O–H groups in total. The highest BCUT2D eigenvalue weighted by Crippen LogP contribution is 2.25. The minimum absolute atomic E-state index is 0.298. The first-order chi connectivity index (χ1) is 5.64. The van der Waals surface area contributed by atoms with Crippen LogP contribution in [0.4, 0.5) is 0 Å². The van der Waals surface area contributed by atoms with Gasteiger partial charge in [0, 0.05) is 6.61 Å². The summed E-state index contributed by atoms with van der Waals surface area (Å²) in [5, 5.41) is 0. The Bertz CT molecular complexity index is 128. The number of hydrogen-bond acceptors (Lipinski definition) is 2. The molecule has 0 bridgehead atoms. The molecule has 2 nitrogen and oxygen atoms in total. The molecule has 0 spiro atoms. The first kappa shape index (κ1) is 10.0. The van der Waals surface area contributed by atoms with E-state index in [-0.39, 0.29) is 0 Å². The Kier molecular flexibility index (Phi) is 3.53. The molecule has 0 aliphatic carbocycles. The van der Waals surface area contributed by atoms with Crippen molar-refractivity contribution in [3.8, 4) is 0 Å². The Labute approximate surface area is 75.5 Å². The maximum absolute atomic E-state index is 5.65. The van der Waals surface area contributed by atoms with Crippen LogP contribution < -0.4 is 5.73 Å². The highest BCUT2D eigenvalue weighted by atomic mass is 16.5. The molecule has 1 atom stereocenters. The van der Waals surface area contributed by atoms with E-state index in [0.29, 0.717) is 11.5 Å². The molecule has 1 saturated heterocycles. The van der Waals surface area contributed by atoms with Crippen molar-refractivity contribution < 1.29 is 4.74 Å². The molecule has 1 heterocycles. The monoisotopic (exact) mass is 171 g/mol. The quantitative estimate of drug-likeness (QED) is 0.701. The zero-order valence-corrected chi connectivity index (χ0v) is 8.31. The first-order valence-corrected chi connectivity index (χ1v) is 4.96. The van der Waals surface area contributed by atoms with Gasteiger partial charge < -0.3 is 10.5 Å². The fourth-order valence-corrected chi connectivity index (χ4v) is 1.53. The SMILES string of the molecule is CC(C)(CN)CCC1CCCO1. The summed E-state index contributed by atoms with van der Waals surface area (Å²) in [5.41, 5.74) is 5.95. The molecule has 0 aromatic rings. The lowest BCUT2D eigenvalue weighted by Crippen LogP contribution is -2.25. The molecule has 1 unspecified atom stereocenters. The average Bonchev–Trinajstić information content (AvgIpc) is 2.53. The fourth-order valence-electron chi connectivity index (χ4n) is 1.53. The predicted octanol–water partition coefficient (Wildman–Crippen LogP) is 1.93. The second-order valence-electron chi connectivity index (χ2n) is 4.54. The smallest absolute Gasteiger partial charge is 0.0576 e. The second-order valence-corrected chi connectivity index (χ2v) is 4.54. The van der Waals surface area contributed by atoms with Crippen molar-refractivity contribution in [2.45, 2.75) is 45.6 Å². The summed E-state index contributed by atoms with van der Waals surface area (Å²) in [4.78, 5) is 0. The van der Waals surface area contributed by atoms with E-state index >= 15 is 0 Å². The zero-order chi connectivity index (χ0) is 9.03. The number of hydrogen-bond donors (Lipinski definition) is 1. The molecule has 2 heteroatoms. The Morgan fingerprint density at radius 2 is 2.25 bits per heavy atom. The molecule has 0 aromatic carbocycles. The molecular formula is C10H21NO. The molecule has 1 fully saturated rings. The van der Waals surface area contributed by atoms with Gasteiger partial charge in [-0.25, -0.2) is 0 Å². The largest absolute Gasteiger partial charge is 0.378 e. The predicted molar refractivity (Wildman–Crippen MR) is 51.0 cm³/mol. The highest BCUT2D eigenvalue weighted by molar-refractivity contribution is 4.73. The van der Waals surface area contributed by atoms with Crippen LogP contribution in [-0.4, -0.2) is 19.3 Å². The van der Waals surface area contributed by atoms with Crippen LogP contribution in [-0.2, 0) is 4.74 Å². The standard InChI is InChI=1S/C10H21NO/c1-10(2,8-11)6-5-9-4-3-7-12-9/h9H,3-8,11H2,1-2H3. The third-order valence-corrected chi connectivity index (χ3v) is 2.72. The van der Waals surface area contributed by atoms with E-state index in [1.54, 1.807) is 0 Å². The third-order valence-electron chi connectivity index (χ3n) is 2.72. The summed E-state index contributed by atoms with van der Waals surface area (Å²) < 4.78 is 5.55. The molecular weight excluding hydrogens is 150 g/mol. The topological polar surface area (TPSA) is 35.2 Å². The molecule has 1 rings (SSSR count). The van der Waals surface area contributed by atoms with Gasteiger partial charge in [0.2, 0.25) is 0 Å². The fraction of sp³-hybridized carbons (Fsp3) is 1.00. The first-order valence-electron chi connectivity index (χ1n) is 4.96. The van der Waals surface area contributed by atoms with E-state index < -0.39 is 0 Å². The van der Waals surface area contributed by atoms with E-state index in [2.05, 4.69) is 13.8 Å². The van der Waals surface area contributed by atoms with Crippen LogP contribution in [0.3, 0.4) is 0 Å². The van der Waals surface area contributed by atoms with Gasteiger partial charge in [-0.05, 0) is 37.6 Å². The van der Waals surface area contributed by atoms with Crippen molar-refractivity contribution in [2.24, 2.45) is 11.1 Å². The zero-order valence-electron chi connectivity index (χ0n) is 8.31. The summed E-state index contributed by atoms with van der Waals surface area (Å²) in [6.07, 6.45) is 5.39. The third kappa shape index (κ3) is 3.11. The Morgan fingerprint density at radius 3 is 2.75 bits per heavy atom. The van der Waals surface area contributed by atoms with Gasteiger partial charge in [-0.15, -0.1) is 0 Å². The number of nitrogens with two attached hydrogens (primary N) is 1. The van der Waals surface area contributed by atoms with Crippen LogP contribution in [0.2, 0.25) is 0 Å². The lowest BCUT2D eigenvalue weighted by Gasteiger charge is -2.23. The number of ether oxygens (including phenoxy) is 1. The van der Waals surface area contributed by atoms with Crippen LogP contribution in [0.25, 0.3) is 0 Å². The summed E-state index contributed by atoms with van der Waals surface area (Å²) in [6, 6.07) is 0. The minimum atomic E-state index is 0.298. The van der Waals surface area contributed by atoms with Gasteiger partial charge in [-0.1, -0.05) is 13.8 Å². The van der Waals surface area contributed by atoms with E-state index in [9.17, 15) is 0 Å². The van der Waals surface area contributed by atoms with E-state index in [1.165, 1.54) is 25.7 Å². The van der Waals surface area contributed by atoms with Crippen molar-refractivity contribution in [1.29, 1.82) is 0 Å². The van der Waals surface area contributed by atoms with Crippen LogP contribution in [0, 0.1) is 5.41 Å². The van der Waals surface area contributed by atoms with Crippen molar-refractivity contribution in [2.75, 3.05) is 13.2 Å². The van der Waals surface area contributed by atoms with E-state index in [1.807, 2.05) is 0 Å². The number of rotatable bonds is 4. The maximum Gasteiger partial charge on any atom is 0.0576 e. The lowest BCUT2D eigenvalue weighted by molar-refractivity contribution is 0.0925. The Balaban J connectivity index is 2.15. The van der Waals surface area contributed by atoms with Crippen molar-refractivity contribution in [3.05, 3.63) is 0 Å². The maximum atomic E-state index is 5.65. The molecule has 0 radical (unpaired) electrons. The summed E-state index contributed by atoms with van der Waals surface area (Å²) in [6.45, 7) is 6.19. The average molecular weight is 171 g/mol. The van der Waals surface area contributed by atoms with Crippen LogP contribution in [0.1, 0.15) is 39.5 Å². The summed E-state index contributed by atoms with van der Waals surface area (Å²) in [7, 11) is 0. The van der Waals surface area contributed by atoms with Crippen LogP contribution in [0.5, 0.6) is 0 Å². The van der Waals surface area contributed by atoms with Gasteiger partial charge in [-0.2, -0.15) is 0 Å². The highest BCUT2D eigenvalue weighted by Gasteiger charge is 2.21. The summed E-state index contributed by atoms with van der Waals surface area (Å²) >= 11 is 0. The van der Waals surface area contributed by atoms with Gasteiger partial charge in [0.1, 0.15) is 0 Å². The molecule has 0 amide bonds. The molecule has 0 aromatic heterocycles. The van der Waals surface area contributed by atoms with Gasteiger partial charge in [0.15, 0.2) is 0 Å². The van der Waals surface area contributed by atoms with Gasteiger partial charge in [0.05, 0.1) is 6.10 Å². The van der Waals surface area contributed by atoms with Gasteiger partial charge in [0.25, 0.3) is 0 Å². The molecule has 72 valence electrons. The Morgan fingerprint density at radius 1 is 1.50 bits per heavy atom. The molecule has 1 aliphatic rings. The minimum Gasteiger partial charge on any atom is -0.378 e. The van der Waals surface area contributed by atoms with Crippen molar-refractivity contribution >= 4 is 0 Å². The van der Waals surface area contributed by atoms with Gasteiger partial charge >= 0.3 is 0 Å². The summed E-state index contributed by atoms with van der Waals surface area (Å²) in [5.74, 6) is 0. The van der Waals surface area contributed by atoms with Crippen molar-refractivity contribution in [3.63, 3.8) is 0 Å². The Hall–Kier alpha value is -0.0800. The van der Waals surface area contributed by atoms with Crippen LogP contribution >= 0.6 is 0 Å². The molecule has 0 saturated carbocycles. The van der Waals surface area contributed by atoms with Crippen LogP contribution in [0.15, 0.2) is 0 Å². The van der Waals surface area contributed by atoms with Crippen molar-refractivity contribution in [1.82, 2.24) is 0 Å². The second kappa shape index (κ2) is 4.24.